The Bertz CT molecular complexity index is 607. The highest BCUT2D eigenvalue weighted by atomic mass is 32.2. The largest absolute Gasteiger partial charge is 0.376 e. The average molecular weight is 326 g/mol. The van der Waals surface area contributed by atoms with Gasteiger partial charge >= 0.3 is 0 Å². The Morgan fingerprint density at radius 2 is 2.05 bits per heavy atom. The van der Waals surface area contributed by atoms with Gasteiger partial charge in [-0.2, -0.15) is 0 Å². The number of benzene rings is 1. The van der Waals surface area contributed by atoms with Gasteiger partial charge in [-0.25, -0.2) is 8.42 Å². The van der Waals surface area contributed by atoms with Crippen LogP contribution in [0.15, 0.2) is 24.3 Å². The number of anilines is 1. The van der Waals surface area contributed by atoms with Crippen LogP contribution < -0.4 is 9.62 Å². The highest BCUT2D eigenvalue weighted by molar-refractivity contribution is 7.92. The first kappa shape index (κ1) is 16.8. The van der Waals surface area contributed by atoms with E-state index in [0.29, 0.717) is 12.2 Å². The lowest BCUT2D eigenvalue weighted by molar-refractivity contribution is -0.120. The maximum Gasteiger partial charge on any atom is 0.231 e. The van der Waals surface area contributed by atoms with Crippen LogP contribution in [0.5, 0.6) is 0 Å². The SMILES string of the molecule is CN(c1ccc(CC(=O)NC[C@H]2CCCO2)cc1)S(C)(=O)=O. The number of sulfonamides is 1. The summed E-state index contributed by atoms with van der Waals surface area (Å²) in [5.41, 5.74) is 1.42. The van der Waals surface area contributed by atoms with Crippen LogP contribution in [-0.2, 0) is 26.0 Å². The van der Waals surface area contributed by atoms with E-state index in [1.807, 2.05) is 0 Å². The van der Waals surface area contributed by atoms with Crippen LogP contribution in [-0.4, -0.2) is 46.9 Å². The van der Waals surface area contributed by atoms with Crippen LogP contribution in [0.4, 0.5) is 5.69 Å². The lowest BCUT2D eigenvalue weighted by atomic mass is 10.1. The van der Waals surface area contributed by atoms with Crippen LogP contribution in [0.1, 0.15) is 18.4 Å². The van der Waals surface area contributed by atoms with Gasteiger partial charge < -0.3 is 10.1 Å². The Balaban J connectivity index is 1.86. The van der Waals surface area contributed by atoms with Gasteiger partial charge in [0.15, 0.2) is 0 Å². The molecular formula is C15H22N2O4S. The highest BCUT2D eigenvalue weighted by Gasteiger charge is 2.16. The number of hydrogen-bond donors (Lipinski definition) is 1. The number of nitrogens with one attached hydrogen (secondary N) is 1. The van der Waals surface area contributed by atoms with Crippen LogP contribution in [0, 0.1) is 0 Å². The molecular weight excluding hydrogens is 304 g/mol. The summed E-state index contributed by atoms with van der Waals surface area (Å²) in [4.78, 5) is 11.9. The first-order chi connectivity index (χ1) is 10.4. The molecule has 1 aromatic rings. The van der Waals surface area contributed by atoms with Crippen molar-refractivity contribution in [3.8, 4) is 0 Å². The molecule has 7 heteroatoms. The third kappa shape index (κ3) is 4.71. The van der Waals surface area contributed by atoms with E-state index in [1.165, 1.54) is 11.4 Å². The first-order valence-corrected chi connectivity index (χ1v) is 9.12. The van der Waals surface area contributed by atoms with Gasteiger partial charge in [0.25, 0.3) is 0 Å². The molecule has 0 bridgehead atoms. The van der Waals surface area contributed by atoms with Crippen molar-refractivity contribution < 1.29 is 17.9 Å². The van der Waals surface area contributed by atoms with Crippen LogP contribution in [0.3, 0.4) is 0 Å². The molecule has 1 fully saturated rings. The summed E-state index contributed by atoms with van der Waals surface area (Å²) in [6.07, 6.45) is 3.60. The molecule has 1 heterocycles. The van der Waals surface area contributed by atoms with Gasteiger partial charge in [0.2, 0.25) is 15.9 Å². The quantitative estimate of drug-likeness (QED) is 0.843. The zero-order valence-electron chi connectivity index (χ0n) is 12.9. The fraction of sp³-hybridized carbons (Fsp3) is 0.533. The third-order valence-corrected chi connectivity index (χ3v) is 4.92. The van der Waals surface area contributed by atoms with E-state index in [4.69, 9.17) is 4.74 Å². The summed E-state index contributed by atoms with van der Waals surface area (Å²) in [5.74, 6) is -0.0558. The summed E-state index contributed by atoms with van der Waals surface area (Å²) >= 11 is 0. The van der Waals surface area contributed by atoms with Gasteiger partial charge in [-0.1, -0.05) is 12.1 Å². The predicted octanol–water partition coefficient (Wildman–Crippen LogP) is 0.920. The molecule has 1 aliphatic rings. The van der Waals surface area contributed by atoms with Crippen LogP contribution >= 0.6 is 0 Å². The molecule has 6 nitrogen and oxygen atoms in total. The van der Waals surface area contributed by atoms with Crippen molar-refractivity contribution in [2.24, 2.45) is 0 Å². The summed E-state index contributed by atoms with van der Waals surface area (Å²) in [6.45, 7) is 1.32. The zero-order chi connectivity index (χ0) is 16.2. The number of rotatable bonds is 6. The number of amides is 1. The Kier molecular flexibility index (Phi) is 5.42. The van der Waals surface area contributed by atoms with E-state index in [-0.39, 0.29) is 18.4 Å². The molecule has 1 aromatic carbocycles. The molecule has 1 aliphatic heterocycles. The normalized spacial score (nSPS) is 18.2. The molecule has 122 valence electrons. The summed E-state index contributed by atoms with van der Waals surface area (Å²) in [5, 5.41) is 2.86. The van der Waals surface area contributed by atoms with Gasteiger partial charge in [0.1, 0.15) is 0 Å². The lowest BCUT2D eigenvalue weighted by Gasteiger charge is -2.16. The molecule has 0 spiro atoms. The van der Waals surface area contributed by atoms with Crippen molar-refractivity contribution in [1.29, 1.82) is 0 Å². The molecule has 0 aliphatic carbocycles. The van der Waals surface area contributed by atoms with Gasteiger partial charge in [-0.3, -0.25) is 9.10 Å². The minimum atomic E-state index is -3.27. The standard InChI is InChI=1S/C15H22N2O4S/c1-17(22(2,19)20)13-7-5-12(6-8-13)10-15(18)16-11-14-4-3-9-21-14/h5-8,14H,3-4,9-11H2,1-2H3,(H,16,18)/t14-/m1/s1. The van der Waals surface area contributed by atoms with Crippen molar-refractivity contribution in [2.45, 2.75) is 25.4 Å². The fourth-order valence-electron chi connectivity index (χ4n) is 2.30. The van der Waals surface area contributed by atoms with Gasteiger partial charge in [0.05, 0.1) is 24.5 Å². The van der Waals surface area contributed by atoms with Crippen molar-refractivity contribution in [3.05, 3.63) is 29.8 Å². The number of hydrogen-bond acceptors (Lipinski definition) is 4. The lowest BCUT2D eigenvalue weighted by Crippen LogP contribution is -2.32. The summed E-state index contributed by atoms with van der Waals surface area (Å²) in [6, 6.07) is 6.93. The number of carbonyl (C=O) groups excluding carboxylic acids is 1. The Labute approximate surface area is 131 Å². The molecule has 1 N–H and O–H groups in total. The van der Waals surface area contributed by atoms with E-state index in [2.05, 4.69) is 5.32 Å². The Morgan fingerprint density at radius 3 is 2.59 bits per heavy atom. The second-order valence-electron chi connectivity index (χ2n) is 5.51. The minimum Gasteiger partial charge on any atom is -0.376 e. The van der Waals surface area contributed by atoms with E-state index in [0.717, 1.165) is 31.3 Å². The zero-order valence-corrected chi connectivity index (χ0v) is 13.7. The molecule has 0 saturated carbocycles. The smallest absolute Gasteiger partial charge is 0.231 e. The first-order valence-electron chi connectivity index (χ1n) is 7.27. The topological polar surface area (TPSA) is 75.7 Å². The molecule has 1 saturated heterocycles. The fourth-order valence-corrected chi connectivity index (χ4v) is 2.80. The number of carbonyl (C=O) groups is 1. The summed E-state index contributed by atoms with van der Waals surface area (Å²) in [7, 11) is -1.77. The van der Waals surface area contributed by atoms with E-state index >= 15 is 0 Å². The molecule has 0 unspecified atom stereocenters. The minimum absolute atomic E-state index is 0.0558. The average Bonchev–Trinajstić information content (AvgIpc) is 2.97. The molecule has 2 rings (SSSR count). The van der Waals surface area contributed by atoms with Crippen molar-refractivity contribution in [1.82, 2.24) is 5.32 Å². The van der Waals surface area contributed by atoms with Crippen LogP contribution in [0.25, 0.3) is 0 Å². The monoisotopic (exact) mass is 326 g/mol. The maximum atomic E-state index is 11.9. The number of nitrogens with zero attached hydrogens (tertiary/aromatic N) is 1. The third-order valence-electron chi connectivity index (χ3n) is 3.71. The van der Waals surface area contributed by atoms with E-state index < -0.39 is 10.0 Å². The van der Waals surface area contributed by atoms with E-state index in [9.17, 15) is 13.2 Å². The Morgan fingerprint density at radius 1 is 1.36 bits per heavy atom. The Hall–Kier alpha value is -1.60. The van der Waals surface area contributed by atoms with Gasteiger partial charge in [0, 0.05) is 20.2 Å². The predicted molar refractivity (Wildman–Crippen MR) is 85.4 cm³/mol. The second kappa shape index (κ2) is 7.11. The molecule has 0 radical (unpaired) electrons. The van der Waals surface area contributed by atoms with Crippen molar-refractivity contribution in [3.63, 3.8) is 0 Å². The van der Waals surface area contributed by atoms with E-state index in [1.54, 1.807) is 24.3 Å². The molecule has 0 aromatic heterocycles. The summed E-state index contributed by atoms with van der Waals surface area (Å²) < 4.78 is 29.6. The molecule has 1 amide bonds. The highest BCUT2D eigenvalue weighted by Crippen LogP contribution is 2.16. The maximum absolute atomic E-state index is 11.9. The molecule has 22 heavy (non-hydrogen) atoms. The second-order valence-corrected chi connectivity index (χ2v) is 7.53. The van der Waals surface area contributed by atoms with Gasteiger partial charge in [-0.05, 0) is 30.5 Å². The van der Waals surface area contributed by atoms with Crippen molar-refractivity contribution in [2.75, 3.05) is 30.8 Å². The molecule has 1 atom stereocenters. The number of ether oxygens (including phenoxy) is 1. The van der Waals surface area contributed by atoms with Crippen molar-refractivity contribution >= 4 is 21.6 Å². The van der Waals surface area contributed by atoms with Gasteiger partial charge in [-0.15, -0.1) is 0 Å². The van der Waals surface area contributed by atoms with Crippen LogP contribution in [0.2, 0.25) is 0 Å².